The second-order valence-corrected chi connectivity index (χ2v) is 7.10. The zero-order valence-electron chi connectivity index (χ0n) is 14.6. The maximum Gasteiger partial charge on any atom is 0.314 e. The lowest BCUT2D eigenvalue weighted by molar-refractivity contribution is -0.128. The molecule has 3 amide bonds. The summed E-state index contributed by atoms with van der Waals surface area (Å²) in [5.41, 5.74) is 3.84. The van der Waals surface area contributed by atoms with Gasteiger partial charge in [-0.15, -0.1) is 0 Å². The van der Waals surface area contributed by atoms with Crippen LogP contribution in [0.1, 0.15) is 36.0 Å². The number of aryl methyl sites for hydroxylation is 2. The molecule has 0 radical (unpaired) electrons. The Morgan fingerprint density at radius 2 is 1.92 bits per heavy atom. The molecule has 1 heterocycles. The fourth-order valence-corrected chi connectivity index (χ4v) is 3.53. The Bertz CT molecular complexity index is 605. The number of hydrogen-bond donors (Lipinski definition) is 2. The third kappa shape index (κ3) is 4.08. The van der Waals surface area contributed by atoms with Crippen LogP contribution < -0.4 is 10.6 Å². The molecular formula is C19H27N3O2. The quantitative estimate of drug-likeness (QED) is 0.840. The fourth-order valence-electron chi connectivity index (χ4n) is 3.53. The topological polar surface area (TPSA) is 61.4 Å². The number of carbonyl (C=O) groups excluding carboxylic acids is 2. The molecule has 5 heteroatoms. The Morgan fingerprint density at radius 3 is 2.58 bits per heavy atom. The van der Waals surface area contributed by atoms with Crippen molar-refractivity contribution in [1.82, 2.24) is 15.5 Å². The van der Waals surface area contributed by atoms with Crippen molar-refractivity contribution in [1.29, 1.82) is 0 Å². The molecule has 130 valence electrons. The van der Waals surface area contributed by atoms with Crippen molar-refractivity contribution in [2.75, 3.05) is 19.6 Å². The maximum absolute atomic E-state index is 11.9. The van der Waals surface area contributed by atoms with Crippen LogP contribution in [0.3, 0.4) is 0 Å². The molecule has 2 fully saturated rings. The van der Waals surface area contributed by atoms with E-state index in [1.165, 1.54) is 16.7 Å². The van der Waals surface area contributed by atoms with E-state index in [4.69, 9.17) is 0 Å². The van der Waals surface area contributed by atoms with Crippen LogP contribution in [0.2, 0.25) is 0 Å². The van der Waals surface area contributed by atoms with Gasteiger partial charge in [0.2, 0.25) is 5.91 Å². The molecule has 3 rings (SSSR count). The lowest BCUT2D eigenvalue weighted by atomic mass is 10.0. The lowest BCUT2D eigenvalue weighted by Gasteiger charge is -2.16. The summed E-state index contributed by atoms with van der Waals surface area (Å²) < 4.78 is 0. The van der Waals surface area contributed by atoms with Crippen molar-refractivity contribution in [2.24, 2.45) is 5.92 Å². The number of rotatable bonds is 6. The number of carbonyl (C=O) groups is 2. The average molecular weight is 329 g/mol. The van der Waals surface area contributed by atoms with Gasteiger partial charge in [0.25, 0.3) is 0 Å². The number of hydrogen-bond acceptors (Lipinski definition) is 2. The highest BCUT2D eigenvalue weighted by molar-refractivity contribution is 5.79. The number of likely N-dealkylation sites (tertiary alicyclic amines) is 1. The summed E-state index contributed by atoms with van der Waals surface area (Å²) in [6, 6.07) is 6.60. The molecule has 1 aromatic carbocycles. The van der Waals surface area contributed by atoms with E-state index < -0.39 is 0 Å². The summed E-state index contributed by atoms with van der Waals surface area (Å²) in [5.74, 6) is 0.502. The third-order valence-corrected chi connectivity index (χ3v) is 5.08. The second kappa shape index (κ2) is 7.24. The van der Waals surface area contributed by atoms with Gasteiger partial charge in [-0.3, -0.25) is 4.79 Å². The molecule has 1 aromatic rings. The van der Waals surface area contributed by atoms with Crippen molar-refractivity contribution < 1.29 is 9.59 Å². The molecule has 24 heavy (non-hydrogen) atoms. The van der Waals surface area contributed by atoms with Gasteiger partial charge < -0.3 is 15.5 Å². The predicted molar refractivity (Wildman–Crippen MR) is 93.9 cm³/mol. The highest BCUT2D eigenvalue weighted by Crippen LogP contribution is 2.32. The van der Waals surface area contributed by atoms with Gasteiger partial charge in [-0.25, -0.2) is 4.79 Å². The molecule has 0 spiro atoms. The normalized spacial score (nSPS) is 20.3. The molecule has 1 aliphatic carbocycles. The van der Waals surface area contributed by atoms with Crippen LogP contribution in [-0.4, -0.2) is 42.5 Å². The van der Waals surface area contributed by atoms with E-state index in [2.05, 4.69) is 42.7 Å². The minimum absolute atomic E-state index is 0.140. The summed E-state index contributed by atoms with van der Waals surface area (Å²) in [6.07, 6.45) is 3.69. The summed E-state index contributed by atoms with van der Waals surface area (Å²) in [4.78, 5) is 25.8. The van der Waals surface area contributed by atoms with Crippen LogP contribution in [0.4, 0.5) is 4.79 Å². The van der Waals surface area contributed by atoms with Crippen molar-refractivity contribution in [2.45, 2.75) is 45.6 Å². The van der Waals surface area contributed by atoms with E-state index in [-0.39, 0.29) is 17.9 Å². The van der Waals surface area contributed by atoms with Crippen molar-refractivity contribution in [3.8, 4) is 0 Å². The lowest BCUT2D eigenvalue weighted by Crippen LogP contribution is -2.39. The van der Waals surface area contributed by atoms with E-state index >= 15 is 0 Å². The van der Waals surface area contributed by atoms with Crippen LogP contribution >= 0.6 is 0 Å². The Labute approximate surface area is 143 Å². The highest BCUT2D eigenvalue weighted by Gasteiger charge is 2.39. The Balaban J connectivity index is 1.36. The predicted octanol–water partition coefficient (Wildman–Crippen LogP) is 2.16. The summed E-state index contributed by atoms with van der Waals surface area (Å²) >= 11 is 0. The molecule has 0 aromatic heterocycles. The number of amides is 3. The molecule has 1 aliphatic heterocycles. The van der Waals surface area contributed by atoms with Gasteiger partial charge in [-0.2, -0.15) is 0 Å². The molecule has 2 N–H and O–H groups in total. The average Bonchev–Trinajstić information content (AvgIpc) is 3.31. The van der Waals surface area contributed by atoms with Crippen LogP contribution in [0.5, 0.6) is 0 Å². The van der Waals surface area contributed by atoms with E-state index in [0.717, 1.165) is 25.8 Å². The van der Waals surface area contributed by atoms with Crippen LogP contribution in [0, 0.1) is 19.8 Å². The van der Waals surface area contributed by atoms with Gasteiger partial charge in [0.1, 0.15) is 0 Å². The van der Waals surface area contributed by atoms with Gasteiger partial charge in [-0.1, -0.05) is 18.2 Å². The smallest absolute Gasteiger partial charge is 0.314 e. The molecular weight excluding hydrogens is 302 g/mol. The number of benzene rings is 1. The fraction of sp³-hybridized carbons (Fsp3) is 0.579. The summed E-state index contributed by atoms with van der Waals surface area (Å²) in [5, 5.41) is 5.83. The van der Waals surface area contributed by atoms with Gasteiger partial charge in [0.15, 0.2) is 0 Å². The van der Waals surface area contributed by atoms with Gasteiger partial charge in [0, 0.05) is 38.0 Å². The third-order valence-electron chi connectivity index (χ3n) is 5.08. The second-order valence-electron chi connectivity index (χ2n) is 7.10. The van der Waals surface area contributed by atoms with Crippen molar-refractivity contribution in [3.05, 3.63) is 34.9 Å². The van der Waals surface area contributed by atoms with Gasteiger partial charge in [0.05, 0.1) is 0 Å². The first-order valence-electron chi connectivity index (χ1n) is 8.91. The first kappa shape index (κ1) is 16.8. The van der Waals surface area contributed by atoms with E-state index in [1.807, 2.05) is 4.90 Å². The molecule has 1 unspecified atom stereocenters. The molecule has 1 saturated carbocycles. The first-order valence-corrected chi connectivity index (χ1v) is 8.91. The minimum atomic E-state index is -0.140. The number of urea groups is 1. The van der Waals surface area contributed by atoms with E-state index in [1.54, 1.807) is 0 Å². The monoisotopic (exact) mass is 329 g/mol. The Kier molecular flexibility index (Phi) is 5.07. The highest BCUT2D eigenvalue weighted by atomic mass is 16.2. The SMILES string of the molecule is Cc1cccc(C)c1CCNC(=O)NCC1CC(=O)N(C2CC2)C1. The first-order chi connectivity index (χ1) is 11.5. The van der Waals surface area contributed by atoms with E-state index in [9.17, 15) is 9.59 Å². The maximum atomic E-state index is 11.9. The molecule has 2 aliphatic rings. The molecule has 1 atom stereocenters. The standard InChI is InChI=1S/C19H27N3O2/c1-13-4-3-5-14(2)17(13)8-9-20-19(24)21-11-15-10-18(23)22(12-15)16-6-7-16/h3-5,15-16H,6-12H2,1-2H3,(H2,20,21,24). The van der Waals surface area contributed by atoms with Crippen LogP contribution in [0.15, 0.2) is 18.2 Å². The van der Waals surface area contributed by atoms with E-state index in [0.29, 0.717) is 25.6 Å². The molecule has 0 bridgehead atoms. The van der Waals surface area contributed by atoms with Crippen LogP contribution in [0.25, 0.3) is 0 Å². The molecule has 1 saturated heterocycles. The van der Waals surface area contributed by atoms with Crippen LogP contribution in [-0.2, 0) is 11.2 Å². The summed E-state index contributed by atoms with van der Waals surface area (Å²) in [6.45, 7) is 6.20. The zero-order valence-corrected chi connectivity index (χ0v) is 14.6. The zero-order chi connectivity index (χ0) is 17.1. The Hall–Kier alpha value is -2.04. The summed E-state index contributed by atoms with van der Waals surface area (Å²) in [7, 11) is 0. The van der Waals surface area contributed by atoms with Crippen molar-refractivity contribution in [3.63, 3.8) is 0 Å². The minimum Gasteiger partial charge on any atom is -0.339 e. The number of nitrogens with one attached hydrogen (secondary N) is 2. The number of nitrogens with zero attached hydrogens (tertiary/aromatic N) is 1. The van der Waals surface area contributed by atoms with Crippen molar-refractivity contribution >= 4 is 11.9 Å². The van der Waals surface area contributed by atoms with Gasteiger partial charge in [-0.05, 0) is 49.8 Å². The van der Waals surface area contributed by atoms with Gasteiger partial charge >= 0.3 is 6.03 Å². The molecule has 5 nitrogen and oxygen atoms in total. The Morgan fingerprint density at radius 1 is 1.21 bits per heavy atom. The largest absolute Gasteiger partial charge is 0.339 e.